The molecule has 0 amide bonds. The number of ketones is 2. The van der Waals surface area contributed by atoms with Crippen LogP contribution in [-0.2, 0) is 28.7 Å². The first-order valence-corrected chi connectivity index (χ1v) is 22.0. The van der Waals surface area contributed by atoms with Crippen molar-refractivity contribution in [3.05, 3.63) is 0 Å². The second-order valence-corrected chi connectivity index (χ2v) is 15.1. The van der Waals surface area contributed by atoms with Crippen LogP contribution in [0.25, 0.3) is 0 Å². The number of hydrogen-bond acceptors (Lipinski definition) is 6. The summed E-state index contributed by atoms with van der Waals surface area (Å²) in [4.78, 5) is 53.4. The van der Waals surface area contributed by atoms with Crippen molar-refractivity contribution in [3.63, 3.8) is 0 Å². The predicted molar refractivity (Wildman–Crippen MR) is 213 cm³/mol. The summed E-state index contributed by atoms with van der Waals surface area (Å²) in [7, 11) is 0. The van der Waals surface area contributed by atoms with Crippen molar-refractivity contribution >= 4 is 23.5 Å². The van der Waals surface area contributed by atoms with Gasteiger partial charge >= 0.3 is 11.9 Å². The topological polar surface area (TPSA) is 127 Å². The van der Waals surface area contributed by atoms with Crippen LogP contribution in [-0.4, -0.2) is 58.1 Å². The fraction of sp³-hybridized carbons (Fsp3) is 0.909. The van der Waals surface area contributed by atoms with E-state index in [4.69, 9.17) is 9.47 Å². The van der Waals surface area contributed by atoms with Crippen LogP contribution in [0.2, 0.25) is 0 Å². The Morgan fingerprint density at radius 1 is 0.346 bits per heavy atom. The Morgan fingerprint density at radius 3 is 0.712 bits per heavy atom. The van der Waals surface area contributed by atoms with Gasteiger partial charge in [0.2, 0.25) is 0 Å². The third-order valence-corrected chi connectivity index (χ3v) is 10.6. The van der Waals surface area contributed by atoms with E-state index < -0.39 is 34.7 Å². The standard InChI is InChI=1S/C44H82O8/c1-5-9-11-13-15-17-19-21-23-25-27-29-31-33-35-37-39(45)43(41(47)48,51-7-3)44(42(49)50,52-8-4)40(46)38-36-34-32-30-28-26-24-22-20-18-16-14-12-10-6-2/h5-38H2,1-4H3,(H,47,48)(H,49,50). The molecule has 0 heterocycles. The Kier molecular flexibility index (Phi) is 32.6. The summed E-state index contributed by atoms with van der Waals surface area (Å²) in [5, 5.41) is 20.9. The largest absolute Gasteiger partial charge is 0.479 e. The molecular formula is C44H82O8. The molecule has 0 bridgehead atoms. The van der Waals surface area contributed by atoms with Crippen molar-refractivity contribution in [2.24, 2.45) is 0 Å². The van der Waals surface area contributed by atoms with Crippen molar-refractivity contribution in [3.8, 4) is 0 Å². The molecule has 8 nitrogen and oxygen atoms in total. The van der Waals surface area contributed by atoms with Crippen molar-refractivity contribution in [2.45, 2.75) is 244 Å². The second kappa shape index (κ2) is 33.7. The van der Waals surface area contributed by atoms with Gasteiger partial charge < -0.3 is 19.7 Å². The van der Waals surface area contributed by atoms with E-state index in [1.165, 1.54) is 142 Å². The second-order valence-electron chi connectivity index (χ2n) is 15.1. The van der Waals surface area contributed by atoms with Crippen LogP contribution >= 0.6 is 0 Å². The van der Waals surface area contributed by atoms with Crippen LogP contribution in [0.3, 0.4) is 0 Å². The summed E-state index contributed by atoms with van der Waals surface area (Å²) in [6, 6.07) is 0. The van der Waals surface area contributed by atoms with Gasteiger partial charge in [-0.15, -0.1) is 0 Å². The summed E-state index contributed by atoms with van der Waals surface area (Å²) in [6.07, 6.45) is 34.0. The number of Topliss-reactive ketones (excluding diaryl/α,β-unsaturated/α-hetero) is 2. The number of carbonyl (C=O) groups is 4. The maximum absolute atomic E-state index is 13.8. The number of carboxylic acids is 2. The molecule has 0 aromatic heterocycles. The van der Waals surface area contributed by atoms with E-state index in [1.807, 2.05) is 0 Å². The van der Waals surface area contributed by atoms with E-state index in [9.17, 15) is 29.4 Å². The highest BCUT2D eigenvalue weighted by Gasteiger charge is 2.72. The quantitative estimate of drug-likeness (QED) is 0.0469. The van der Waals surface area contributed by atoms with E-state index in [0.29, 0.717) is 25.7 Å². The molecule has 0 aromatic carbocycles. The lowest BCUT2D eigenvalue weighted by atomic mass is 9.73. The van der Waals surface area contributed by atoms with E-state index in [-0.39, 0.29) is 26.1 Å². The molecule has 0 aromatic rings. The lowest BCUT2D eigenvalue weighted by Crippen LogP contribution is -2.73. The number of unbranched alkanes of at least 4 members (excludes halogenated alkanes) is 28. The molecule has 0 radical (unpaired) electrons. The number of hydrogen-bond donors (Lipinski definition) is 2. The summed E-state index contributed by atoms with van der Waals surface area (Å²) >= 11 is 0. The highest BCUT2D eigenvalue weighted by atomic mass is 16.6. The molecule has 0 aliphatic heterocycles. The van der Waals surface area contributed by atoms with Crippen LogP contribution in [0.5, 0.6) is 0 Å². The summed E-state index contributed by atoms with van der Waals surface area (Å²) in [6.45, 7) is 6.96. The molecule has 2 N–H and O–H groups in total. The normalized spacial score (nSPS) is 13.8. The Balaban J connectivity index is 4.86. The fourth-order valence-corrected chi connectivity index (χ4v) is 7.52. The minimum absolute atomic E-state index is 0.196. The van der Waals surface area contributed by atoms with Crippen molar-refractivity contribution in [1.29, 1.82) is 0 Å². The minimum atomic E-state index is -2.95. The molecule has 0 saturated carbocycles. The number of rotatable bonds is 41. The molecule has 0 spiro atoms. The highest BCUT2D eigenvalue weighted by Crippen LogP contribution is 2.37. The first-order chi connectivity index (χ1) is 25.2. The molecule has 52 heavy (non-hydrogen) atoms. The Bertz CT molecular complexity index is 833. The van der Waals surface area contributed by atoms with Crippen molar-refractivity contribution < 1.29 is 38.9 Å². The minimum Gasteiger partial charge on any atom is -0.479 e. The van der Waals surface area contributed by atoms with Gasteiger partial charge in [0.25, 0.3) is 11.2 Å². The Labute approximate surface area is 319 Å². The zero-order chi connectivity index (χ0) is 38.8. The van der Waals surface area contributed by atoms with Gasteiger partial charge in [0.05, 0.1) is 0 Å². The molecule has 0 saturated heterocycles. The maximum Gasteiger partial charge on any atom is 0.348 e. The van der Waals surface area contributed by atoms with E-state index in [2.05, 4.69) is 13.8 Å². The Hall–Kier alpha value is -1.80. The molecule has 0 fully saturated rings. The van der Waals surface area contributed by atoms with Gasteiger partial charge in [-0.1, -0.05) is 194 Å². The van der Waals surface area contributed by atoms with Gasteiger partial charge in [0.1, 0.15) is 0 Å². The molecule has 2 atom stereocenters. The monoisotopic (exact) mass is 739 g/mol. The predicted octanol–water partition coefficient (Wildman–Crippen LogP) is 12.4. The van der Waals surface area contributed by atoms with E-state index in [0.717, 1.165) is 38.5 Å². The summed E-state index contributed by atoms with van der Waals surface area (Å²) in [5.41, 5.74) is -5.90. The van der Waals surface area contributed by atoms with Crippen molar-refractivity contribution in [1.82, 2.24) is 0 Å². The zero-order valence-corrected chi connectivity index (χ0v) is 34.4. The van der Waals surface area contributed by atoms with Gasteiger partial charge in [-0.3, -0.25) is 9.59 Å². The van der Waals surface area contributed by atoms with Crippen LogP contribution in [0.1, 0.15) is 233 Å². The molecule has 8 heteroatoms. The third kappa shape index (κ3) is 20.0. The Morgan fingerprint density at radius 2 is 0.538 bits per heavy atom. The smallest absolute Gasteiger partial charge is 0.348 e. The van der Waals surface area contributed by atoms with Crippen molar-refractivity contribution in [2.75, 3.05) is 13.2 Å². The average Bonchev–Trinajstić information content (AvgIpc) is 3.12. The number of carboxylic acid groups (broad SMARTS) is 2. The summed E-state index contributed by atoms with van der Waals surface area (Å²) in [5.74, 6) is -5.42. The van der Waals surface area contributed by atoms with E-state index in [1.54, 1.807) is 0 Å². The first-order valence-electron chi connectivity index (χ1n) is 22.0. The third-order valence-electron chi connectivity index (χ3n) is 10.6. The van der Waals surface area contributed by atoms with E-state index >= 15 is 0 Å². The molecular weight excluding hydrogens is 656 g/mol. The van der Waals surface area contributed by atoms with Gasteiger partial charge in [-0.05, 0) is 26.7 Å². The maximum atomic E-state index is 13.8. The molecule has 306 valence electrons. The van der Waals surface area contributed by atoms with Crippen LogP contribution in [0, 0.1) is 0 Å². The van der Waals surface area contributed by atoms with Gasteiger partial charge in [-0.25, -0.2) is 9.59 Å². The fourth-order valence-electron chi connectivity index (χ4n) is 7.52. The zero-order valence-electron chi connectivity index (χ0n) is 34.4. The van der Waals surface area contributed by atoms with Crippen LogP contribution < -0.4 is 0 Å². The molecule has 2 unspecified atom stereocenters. The molecule has 0 aliphatic carbocycles. The SMILES string of the molecule is CCCCCCCCCCCCCCCCCC(=O)C(OCC)(C(=O)O)C(OCC)(C(=O)O)C(=O)CCCCCCCCCCCCCCCCC. The molecule has 0 rings (SSSR count). The first kappa shape index (κ1) is 50.2. The lowest BCUT2D eigenvalue weighted by Gasteiger charge is -2.41. The number of ether oxygens (including phenoxy) is 2. The number of carbonyl (C=O) groups excluding carboxylic acids is 2. The van der Waals surface area contributed by atoms with Gasteiger partial charge in [-0.2, -0.15) is 0 Å². The van der Waals surface area contributed by atoms with Crippen LogP contribution in [0.15, 0.2) is 0 Å². The highest BCUT2D eigenvalue weighted by molar-refractivity contribution is 6.22. The summed E-state index contributed by atoms with van der Waals surface area (Å²) < 4.78 is 11.2. The lowest BCUT2D eigenvalue weighted by molar-refractivity contribution is -0.224. The van der Waals surface area contributed by atoms with Crippen LogP contribution in [0.4, 0.5) is 0 Å². The van der Waals surface area contributed by atoms with Gasteiger partial charge in [0.15, 0.2) is 11.6 Å². The average molecular weight is 739 g/mol. The molecule has 0 aliphatic rings. The number of aliphatic carboxylic acids is 2. The van der Waals surface area contributed by atoms with Gasteiger partial charge in [0, 0.05) is 26.1 Å².